The number of hydrogen-bond acceptors (Lipinski definition) is 3. The topological polar surface area (TPSA) is 50.4 Å². The van der Waals surface area contributed by atoms with Gasteiger partial charge in [-0.15, -0.1) is 0 Å². The molecule has 2 aromatic carbocycles. The summed E-state index contributed by atoms with van der Waals surface area (Å²) in [5.41, 5.74) is 1.86. The standard InChI is InChI=1S/C18H21FN2O2/c1-13(16-5-3-4-6-17(16)23-2)20-12-18(22)21-11-14-7-9-15(19)10-8-14/h3-10,13,20H,11-12H2,1-2H3,(H,21,22)/t13-/m1/s1. The molecule has 0 aromatic heterocycles. The quantitative estimate of drug-likeness (QED) is 0.826. The molecule has 1 amide bonds. The van der Waals surface area contributed by atoms with Crippen LogP contribution in [0.2, 0.25) is 0 Å². The van der Waals surface area contributed by atoms with Gasteiger partial charge in [0.25, 0.3) is 0 Å². The van der Waals surface area contributed by atoms with Gasteiger partial charge < -0.3 is 15.4 Å². The molecule has 2 rings (SSSR count). The van der Waals surface area contributed by atoms with E-state index in [1.807, 2.05) is 31.2 Å². The number of benzene rings is 2. The summed E-state index contributed by atoms with van der Waals surface area (Å²) >= 11 is 0. The van der Waals surface area contributed by atoms with E-state index in [-0.39, 0.29) is 24.3 Å². The zero-order valence-corrected chi connectivity index (χ0v) is 13.3. The Balaban J connectivity index is 1.80. The predicted molar refractivity (Wildman–Crippen MR) is 87.7 cm³/mol. The van der Waals surface area contributed by atoms with E-state index in [9.17, 15) is 9.18 Å². The highest BCUT2D eigenvalue weighted by Gasteiger charge is 2.11. The number of carbonyl (C=O) groups excluding carboxylic acids is 1. The van der Waals surface area contributed by atoms with Crippen LogP contribution < -0.4 is 15.4 Å². The van der Waals surface area contributed by atoms with Gasteiger partial charge in [-0.3, -0.25) is 4.79 Å². The van der Waals surface area contributed by atoms with Crippen LogP contribution >= 0.6 is 0 Å². The van der Waals surface area contributed by atoms with Crippen LogP contribution in [-0.4, -0.2) is 19.6 Å². The van der Waals surface area contributed by atoms with E-state index < -0.39 is 0 Å². The molecular formula is C18H21FN2O2. The van der Waals surface area contributed by atoms with Crippen molar-refractivity contribution in [1.29, 1.82) is 0 Å². The fourth-order valence-corrected chi connectivity index (χ4v) is 2.25. The minimum Gasteiger partial charge on any atom is -0.496 e. The number of para-hydroxylation sites is 1. The van der Waals surface area contributed by atoms with Crippen LogP contribution in [0.25, 0.3) is 0 Å². The van der Waals surface area contributed by atoms with Crippen LogP contribution in [-0.2, 0) is 11.3 Å². The van der Waals surface area contributed by atoms with Crippen LogP contribution in [0.15, 0.2) is 48.5 Å². The monoisotopic (exact) mass is 316 g/mol. The molecule has 122 valence electrons. The van der Waals surface area contributed by atoms with Gasteiger partial charge in [-0.1, -0.05) is 30.3 Å². The first-order chi connectivity index (χ1) is 11.1. The Labute approximate surface area is 135 Å². The molecule has 0 aliphatic carbocycles. The van der Waals surface area contributed by atoms with Crippen molar-refractivity contribution in [2.45, 2.75) is 19.5 Å². The predicted octanol–water partition coefficient (Wildman–Crippen LogP) is 2.80. The number of carbonyl (C=O) groups is 1. The van der Waals surface area contributed by atoms with Crippen molar-refractivity contribution in [3.8, 4) is 5.75 Å². The van der Waals surface area contributed by atoms with Crippen LogP contribution in [0, 0.1) is 5.82 Å². The van der Waals surface area contributed by atoms with Gasteiger partial charge in [0.15, 0.2) is 0 Å². The minimum atomic E-state index is -0.285. The third-order valence-electron chi connectivity index (χ3n) is 3.58. The molecule has 0 aliphatic heterocycles. The second kappa shape index (κ2) is 8.29. The molecule has 1 atom stereocenters. The van der Waals surface area contributed by atoms with Gasteiger partial charge in [0.1, 0.15) is 11.6 Å². The number of rotatable bonds is 7. The van der Waals surface area contributed by atoms with Crippen LogP contribution in [0.1, 0.15) is 24.1 Å². The molecule has 0 aliphatic rings. The number of nitrogens with one attached hydrogen (secondary N) is 2. The molecule has 0 bridgehead atoms. The van der Waals surface area contributed by atoms with Gasteiger partial charge >= 0.3 is 0 Å². The van der Waals surface area contributed by atoms with Gasteiger partial charge in [0, 0.05) is 18.2 Å². The molecule has 4 nitrogen and oxygen atoms in total. The van der Waals surface area contributed by atoms with Crippen LogP contribution in [0.3, 0.4) is 0 Å². The Kier molecular flexibility index (Phi) is 6.11. The molecule has 0 unspecified atom stereocenters. The summed E-state index contributed by atoms with van der Waals surface area (Å²) in [6.45, 7) is 2.55. The second-order valence-electron chi connectivity index (χ2n) is 5.25. The Morgan fingerprint density at radius 2 is 1.87 bits per heavy atom. The SMILES string of the molecule is COc1ccccc1[C@@H](C)NCC(=O)NCc1ccc(F)cc1. The first kappa shape index (κ1) is 17.0. The van der Waals surface area contributed by atoms with Gasteiger partial charge in [0.2, 0.25) is 5.91 Å². The van der Waals surface area contributed by atoms with E-state index >= 15 is 0 Å². The highest BCUT2D eigenvalue weighted by molar-refractivity contribution is 5.78. The van der Waals surface area contributed by atoms with E-state index in [1.165, 1.54) is 12.1 Å². The lowest BCUT2D eigenvalue weighted by Gasteiger charge is -2.17. The second-order valence-corrected chi connectivity index (χ2v) is 5.25. The van der Waals surface area contributed by atoms with Crippen molar-refractivity contribution in [1.82, 2.24) is 10.6 Å². The summed E-state index contributed by atoms with van der Waals surface area (Å²) in [4.78, 5) is 11.9. The molecule has 0 saturated heterocycles. The lowest BCUT2D eigenvalue weighted by atomic mass is 10.1. The number of amides is 1. The Bertz CT molecular complexity index is 644. The van der Waals surface area contributed by atoms with E-state index in [0.29, 0.717) is 6.54 Å². The maximum atomic E-state index is 12.8. The summed E-state index contributed by atoms with van der Waals surface area (Å²) in [7, 11) is 1.63. The third-order valence-corrected chi connectivity index (χ3v) is 3.58. The maximum absolute atomic E-state index is 12.8. The van der Waals surface area contributed by atoms with Crippen LogP contribution in [0.5, 0.6) is 5.75 Å². The average molecular weight is 316 g/mol. The summed E-state index contributed by atoms with van der Waals surface area (Å²) in [6, 6.07) is 13.8. The van der Waals surface area contributed by atoms with Crippen molar-refractivity contribution >= 4 is 5.91 Å². The highest BCUT2D eigenvalue weighted by Crippen LogP contribution is 2.23. The number of methoxy groups -OCH3 is 1. The van der Waals surface area contributed by atoms with Crippen LogP contribution in [0.4, 0.5) is 4.39 Å². The lowest BCUT2D eigenvalue weighted by Crippen LogP contribution is -2.34. The van der Waals surface area contributed by atoms with Gasteiger partial charge in [-0.2, -0.15) is 0 Å². The van der Waals surface area contributed by atoms with E-state index in [2.05, 4.69) is 10.6 Å². The molecule has 0 spiro atoms. The summed E-state index contributed by atoms with van der Waals surface area (Å²) < 4.78 is 18.1. The number of ether oxygens (including phenoxy) is 1. The normalized spacial score (nSPS) is 11.8. The molecule has 23 heavy (non-hydrogen) atoms. The largest absolute Gasteiger partial charge is 0.496 e. The highest BCUT2D eigenvalue weighted by atomic mass is 19.1. The van der Waals surface area contributed by atoms with Crippen molar-refractivity contribution in [2.24, 2.45) is 0 Å². The Morgan fingerprint density at radius 3 is 2.57 bits per heavy atom. The molecule has 5 heteroatoms. The molecular weight excluding hydrogens is 295 g/mol. The molecule has 2 aromatic rings. The third kappa shape index (κ3) is 5.07. The molecule has 2 N–H and O–H groups in total. The molecule has 0 fully saturated rings. The zero-order valence-electron chi connectivity index (χ0n) is 13.3. The average Bonchev–Trinajstić information content (AvgIpc) is 2.59. The minimum absolute atomic E-state index is 0.0114. The molecule has 0 heterocycles. The number of hydrogen-bond donors (Lipinski definition) is 2. The molecule has 0 radical (unpaired) electrons. The molecule has 0 saturated carbocycles. The Morgan fingerprint density at radius 1 is 1.17 bits per heavy atom. The zero-order chi connectivity index (χ0) is 16.7. The Hall–Kier alpha value is -2.40. The first-order valence-corrected chi connectivity index (χ1v) is 7.47. The van der Waals surface area contributed by atoms with Gasteiger partial charge in [-0.25, -0.2) is 4.39 Å². The fraction of sp³-hybridized carbons (Fsp3) is 0.278. The van der Waals surface area contributed by atoms with Crippen molar-refractivity contribution in [2.75, 3.05) is 13.7 Å². The van der Waals surface area contributed by atoms with Crippen molar-refractivity contribution < 1.29 is 13.9 Å². The summed E-state index contributed by atoms with van der Waals surface area (Å²) in [5, 5.41) is 5.97. The lowest BCUT2D eigenvalue weighted by molar-refractivity contribution is -0.120. The van der Waals surface area contributed by atoms with Gasteiger partial charge in [0.05, 0.1) is 13.7 Å². The summed E-state index contributed by atoms with van der Waals surface area (Å²) in [5.74, 6) is 0.391. The number of halogens is 1. The van der Waals surface area contributed by atoms with Crippen molar-refractivity contribution in [3.63, 3.8) is 0 Å². The first-order valence-electron chi connectivity index (χ1n) is 7.47. The van der Waals surface area contributed by atoms with Crippen molar-refractivity contribution in [3.05, 3.63) is 65.5 Å². The van der Waals surface area contributed by atoms with E-state index in [0.717, 1.165) is 16.9 Å². The van der Waals surface area contributed by atoms with E-state index in [4.69, 9.17) is 4.74 Å². The fourth-order valence-electron chi connectivity index (χ4n) is 2.25. The van der Waals surface area contributed by atoms with E-state index in [1.54, 1.807) is 19.2 Å². The maximum Gasteiger partial charge on any atom is 0.234 e. The van der Waals surface area contributed by atoms with Gasteiger partial charge in [-0.05, 0) is 30.7 Å². The summed E-state index contributed by atoms with van der Waals surface area (Å²) in [6.07, 6.45) is 0. The smallest absolute Gasteiger partial charge is 0.234 e.